The smallest absolute Gasteiger partial charge is 0.227 e. The Labute approximate surface area is 169 Å². The molecule has 1 N–H and O–H groups in total. The lowest BCUT2D eigenvalue weighted by Gasteiger charge is -2.27. The van der Waals surface area contributed by atoms with Gasteiger partial charge in [0.05, 0.1) is 0 Å². The minimum absolute atomic E-state index is 0.129. The Morgan fingerprint density at radius 3 is 2.45 bits per heavy atom. The van der Waals surface area contributed by atoms with Crippen molar-refractivity contribution in [3.05, 3.63) is 60.2 Å². The van der Waals surface area contributed by atoms with Crippen LogP contribution in [-0.4, -0.2) is 28.6 Å². The second-order valence-corrected chi connectivity index (χ2v) is 6.99. The molecule has 0 atom stereocenters. The summed E-state index contributed by atoms with van der Waals surface area (Å²) in [5.74, 6) is 0.288. The van der Waals surface area contributed by atoms with Gasteiger partial charge in [-0.1, -0.05) is 5.16 Å². The number of hydrogen-bond acceptors (Lipinski definition) is 5. The van der Waals surface area contributed by atoms with Gasteiger partial charge in [-0.25, -0.2) is 4.39 Å². The van der Waals surface area contributed by atoms with E-state index in [1.165, 1.54) is 12.1 Å². The molecule has 7 heteroatoms. The van der Waals surface area contributed by atoms with E-state index in [-0.39, 0.29) is 18.1 Å². The van der Waals surface area contributed by atoms with Crippen LogP contribution < -0.4 is 10.2 Å². The van der Waals surface area contributed by atoms with Crippen LogP contribution in [0.2, 0.25) is 0 Å². The van der Waals surface area contributed by atoms with Crippen LogP contribution in [0.3, 0.4) is 0 Å². The second-order valence-electron chi connectivity index (χ2n) is 6.99. The lowest BCUT2D eigenvalue weighted by atomic mass is 10.2. The van der Waals surface area contributed by atoms with Crippen LogP contribution in [0, 0.1) is 5.82 Å². The normalized spacial score (nSPS) is 10.9. The van der Waals surface area contributed by atoms with Gasteiger partial charge in [0.25, 0.3) is 0 Å². The average molecular weight is 396 g/mol. The van der Waals surface area contributed by atoms with Crippen LogP contribution >= 0.6 is 0 Å². The summed E-state index contributed by atoms with van der Waals surface area (Å²) >= 11 is 0. The first-order chi connectivity index (χ1) is 14.0. The third-order valence-corrected chi connectivity index (χ3v) is 4.58. The summed E-state index contributed by atoms with van der Waals surface area (Å²) in [6.07, 6.45) is 0.551. The van der Waals surface area contributed by atoms with Crippen LogP contribution in [0.5, 0.6) is 0 Å². The maximum Gasteiger partial charge on any atom is 0.227 e. The van der Waals surface area contributed by atoms with Gasteiger partial charge in [0.15, 0.2) is 0 Å². The Hall–Kier alpha value is -3.22. The highest BCUT2D eigenvalue weighted by Crippen LogP contribution is 2.20. The molecule has 1 aromatic heterocycles. The topological polar surface area (TPSA) is 71.3 Å². The maximum atomic E-state index is 13.0. The fourth-order valence-electron chi connectivity index (χ4n) is 3.10. The average Bonchev–Trinajstić information content (AvgIpc) is 3.18. The Bertz CT molecular complexity index is 936. The largest absolute Gasteiger partial charge is 0.369 e. The fourth-order valence-corrected chi connectivity index (χ4v) is 3.10. The Morgan fingerprint density at radius 2 is 1.83 bits per heavy atom. The summed E-state index contributed by atoms with van der Waals surface area (Å²) in [7, 11) is 0. The quantitative estimate of drug-likeness (QED) is 0.598. The number of amides is 1. The lowest BCUT2D eigenvalue weighted by Crippen LogP contribution is -2.30. The second kappa shape index (κ2) is 9.32. The number of aromatic nitrogens is 2. The summed E-state index contributed by atoms with van der Waals surface area (Å²) < 4.78 is 18.2. The predicted molar refractivity (Wildman–Crippen MR) is 111 cm³/mol. The van der Waals surface area contributed by atoms with E-state index in [0.29, 0.717) is 29.7 Å². The van der Waals surface area contributed by atoms with Gasteiger partial charge in [0.1, 0.15) is 5.82 Å². The number of anilines is 2. The first-order valence-corrected chi connectivity index (χ1v) is 9.71. The SMILES string of the molecule is CCN(c1ccc(NC(=O)CCc2nc(-c3ccc(F)cc3)no2)cc1)C(C)C. The van der Waals surface area contributed by atoms with Crippen molar-refractivity contribution in [1.29, 1.82) is 0 Å². The molecule has 0 saturated carbocycles. The van der Waals surface area contributed by atoms with Crippen LogP contribution in [0.4, 0.5) is 15.8 Å². The molecule has 0 aliphatic carbocycles. The summed E-state index contributed by atoms with van der Waals surface area (Å²) in [5.41, 5.74) is 2.53. The van der Waals surface area contributed by atoms with E-state index >= 15 is 0 Å². The van der Waals surface area contributed by atoms with Gasteiger partial charge in [-0.3, -0.25) is 4.79 Å². The lowest BCUT2D eigenvalue weighted by molar-refractivity contribution is -0.116. The molecule has 0 aliphatic heterocycles. The molecule has 0 saturated heterocycles. The standard InChI is InChI=1S/C22H25FN4O2/c1-4-27(15(2)3)19-11-9-18(10-12-19)24-20(28)13-14-21-25-22(26-29-21)16-5-7-17(23)8-6-16/h5-12,15H,4,13-14H2,1-3H3,(H,24,28). The van der Waals surface area contributed by atoms with Gasteiger partial charge in [-0.2, -0.15) is 4.98 Å². The van der Waals surface area contributed by atoms with Gasteiger partial charge >= 0.3 is 0 Å². The van der Waals surface area contributed by atoms with Crippen molar-refractivity contribution in [3.63, 3.8) is 0 Å². The van der Waals surface area contributed by atoms with E-state index in [2.05, 4.69) is 41.1 Å². The van der Waals surface area contributed by atoms with Crippen molar-refractivity contribution in [1.82, 2.24) is 10.1 Å². The molecule has 0 bridgehead atoms. The molecule has 152 valence electrons. The Morgan fingerprint density at radius 1 is 1.14 bits per heavy atom. The highest BCUT2D eigenvalue weighted by Gasteiger charge is 2.12. The monoisotopic (exact) mass is 396 g/mol. The zero-order valence-electron chi connectivity index (χ0n) is 16.9. The zero-order chi connectivity index (χ0) is 20.8. The molecule has 29 heavy (non-hydrogen) atoms. The van der Waals surface area contributed by atoms with Crippen molar-refractivity contribution >= 4 is 17.3 Å². The van der Waals surface area contributed by atoms with Gasteiger partial charge < -0.3 is 14.7 Å². The maximum absolute atomic E-state index is 13.0. The van der Waals surface area contributed by atoms with E-state index in [4.69, 9.17) is 4.52 Å². The molecular formula is C22H25FN4O2. The summed E-state index contributed by atoms with van der Waals surface area (Å²) in [5, 5.41) is 6.76. The van der Waals surface area contributed by atoms with Crippen molar-refractivity contribution in [2.75, 3.05) is 16.8 Å². The first-order valence-electron chi connectivity index (χ1n) is 9.71. The fraction of sp³-hybridized carbons (Fsp3) is 0.318. The van der Waals surface area contributed by atoms with Gasteiger partial charge in [-0.15, -0.1) is 0 Å². The number of nitrogens with one attached hydrogen (secondary N) is 1. The van der Waals surface area contributed by atoms with E-state index in [9.17, 15) is 9.18 Å². The number of carbonyl (C=O) groups excluding carboxylic acids is 1. The third-order valence-electron chi connectivity index (χ3n) is 4.58. The third kappa shape index (κ3) is 5.40. The molecule has 0 radical (unpaired) electrons. The molecule has 2 aromatic carbocycles. The van der Waals surface area contributed by atoms with Gasteiger partial charge in [-0.05, 0) is 69.3 Å². The van der Waals surface area contributed by atoms with E-state index in [1.807, 2.05) is 24.3 Å². The number of halogens is 1. The molecule has 0 fully saturated rings. The predicted octanol–water partition coefficient (Wildman–Crippen LogP) is 4.68. The van der Waals surface area contributed by atoms with E-state index in [1.54, 1.807) is 12.1 Å². The Kier molecular flexibility index (Phi) is 6.59. The number of hydrogen-bond donors (Lipinski definition) is 1. The molecule has 0 spiro atoms. The van der Waals surface area contributed by atoms with Crippen molar-refractivity contribution in [3.8, 4) is 11.4 Å². The highest BCUT2D eigenvalue weighted by molar-refractivity contribution is 5.91. The molecular weight excluding hydrogens is 371 g/mol. The number of rotatable bonds is 8. The molecule has 1 heterocycles. The number of carbonyl (C=O) groups is 1. The zero-order valence-corrected chi connectivity index (χ0v) is 16.9. The molecule has 3 rings (SSSR count). The van der Waals surface area contributed by atoms with Crippen molar-refractivity contribution in [2.24, 2.45) is 0 Å². The summed E-state index contributed by atoms with van der Waals surface area (Å²) in [6, 6.07) is 14.1. The molecule has 6 nitrogen and oxygen atoms in total. The minimum atomic E-state index is -0.325. The van der Waals surface area contributed by atoms with Crippen LogP contribution in [0.15, 0.2) is 53.1 Å². The van der Waals surface area contributed by atoms with Crippen LogP contribution in [0.1, 0.15) is 33.1 Å². The number of nitrogens with zero attached hydrogens (tertiary/aromatic N) is 3. The number of benzene rings is 2. The van der Waals surface area contributed by atoms with Crippen LogP contribution in [0.25, 0.3) is 11.4 Å². The Balaban J connectivity index is 1.53. The van der Waals surface area contributed by atoms with E-state index in [0.717, 1.165) is 17.9 Å². The van der Waals surface area contributed by atoms with Crippen LogP contribution in [-0.2, 0) is 11.2 Å². The molecule has 3 aromatic rings. The highest BCUT2D eigenvalue weighted by atomic mass is 19.1. The molecule has 1 amide bonds. The molecule has 0 aliphatic rings. The van der Waals surface area contributed by atoms with Gasteiger partial charge in [0.2, 0.25) is 17.6 Å². The van der Waals surface area contributed by atoms with E-state index < -0.39 is 0 Å². The first kappa shape index (κ1) is 20.5. The minimum Gasteiger partial charge on any atom is -0.369 e. The van der Waals surface area contributed by atoms with Crippen molar-refractivity contribution < 1.29 is 13.7 Å². The summed E-state index contributed by atoms with van der Waals surface area (Å²) in [4.78, 5) is 18.8. The number of aryl methyl sites for hydroxylation is 1. The molecule has 0 unspecified atom stereocenters. The van der Waals surface area contributed by atoms with Gasteiger partial charge in [0, 0.05) is 42.4 Å². The van der Waals surface area contributed by atoms with Crippen molar-refractivity contribution in [2.45, 2.75) is 39.7 Å². The summed E-state index contributed by atoms with van der Waals surface area (Å²) in [6.45, 7) is 7.35.